The summed E-state index contributed by atoms with van der Waals surface area (Å²) in [6.07, 6.45) is 6.30. The van der Waals surface area contributed by atoms with Crippen LogP contribution >= 0.6 is 0 Å². The van der Waals surface area contributed by atoms with Crippen LogP contribution < -0.4 is 22.1 Å². The molecule has 2 aliphatic carbocycles. The van der Waals surface area contributed by atoms with E-state index in [4.69, 9.17) is 20.9 Å². The Morgan fingerprint density at radius 1 is 0.611 bits per heavy atom. The Hall–Kier alpha value is -2.52. The summed E-state index contributed by atoms with van der Waals surface area (Å²) >= 11 is 0. The van der Waals surface area contributed by atoms with Gasteiger partial charge in [0.15, 0.2) is 0 Å². The molecule has 0 radical (unpaired) electrons. The SMILES string of the molecule is CC(C)(C)OC(=O)NCC1CCC(C(N)=O)CC1.CC(C)(C)OC(=O)NCC1CCC(C(N)=O)CC1. The van der Waals surface area contributed by atoms with E-state index in [1.165, 1.54) is 0 Å². The number of carbonyl (C=O) groups excluding carboxylic acids is 4. The fourth-order valence-electron chi connectivity index (χ4n) is 4.39. The topological polar surface area (TPSA) is 163 Å². The van der Waals surface area contributed by atoms with Gasteiger partial charge < -0.3 is 31.6 Å². The van der Waals surface area contributed by atoms with Gasteiger partial charge in [0.2, 0.25) is 11.8 Å². The maximum atomic E-state index is 11.5. The first-order valence-corrected chi connectivity index (χ1v) is 13.1. The van der Waals surface area contributed by atoms with E-state index >= 15 is 0 Å². The minimum Gasteiger partial charge on any atom is -0.444 e. The molecule has 0 heterocycles. The van der Waals surface area contributed by atoms with E-state index in [-0.39, 0.29) is 35.8 Å². The third kappa shape index (κ3) is 14.1. The maximum absolute atomic E-state index is 11.5. The van der Waals surface area contributed by atoms with Gasteiger partial charge in [0.25, 0.3) is 0 Å². The number of nitrogens with two attached hydrogens (primary N) is 2. The van der Waals surface area contributed by atoms with Crippen LogP contribution in [0.4, 0.5) is 9.59 Å². The molecule has 2 rings (SSSR count). The van der Waals surface area contributed by atoms with Crippen LogP contribution in [0.25, 0.3) is 0 Å². The van der Waals surface area contributed by atoms with Gasteiger partial charge in [-0.1, -0.05) is 0 Å². The summed E-state index contributed by atoms with van der Waals surface area (Å²) in [5, 5.41) is 5.55. The molecule has 0 aromatic heterocycles. The van der Waals surface area contributed by atoms with Crippen molar-refractivity contribution in [3.63, 3.8) is 0 Å². The second-order valence-electron chi connectivity index (χ2n) is 12.0. The zero-order valence-electron chi connectivity index (χ0n) is 23.0. The molecular formula is C26H48N4O6. The van der Waals surface area contributed by atoms with E-state index in [1.54, 1.807) is 0 Å². The summed E-state index contributed by atoms with van der Waals surface area (Å²) in [6.45, 7) is 12.3. The lowest BCUT2D eigenvalue weighted by atomic mass is 9.82. The molecule has 0 atom stereocenters. The quantitative estimate of drug-likeness (QED) is 0.425. The molecule has 0 unspecified atom stereocenters. The number of hydrogen-bond acceptors (Lipinski definition) is 6. The monoisotopic (exact) mass is 512 g/mol. The molecule has 0 aromatic rings. The zero-order chi connectivity index (χ0) is 27.5. The first-order chi connectivity index (χ1) is 16.6. The number of alkyl carbamates (subject to hydrolysis) is 2. The van der Waals surface area contributed by atoms with Crippen LogP contribution in [0.15, 0.2) is 0 Å². The van der Waals surface area contributed by atoms with Crippen molar-refractivity contribution in [3.8, 4) is 0 Å². The number of hydrogen-bond donors (Lipinski definition) is 4. The van der Waals surface area contributed by atoms with Gasteiger partial charge in [0.1, 0.15) is 11.2 Å². The van der Waals surface area contributed by atoms with Gasteiger partial charge in [0, 0.05) is 24.9 Å². The molecule has 0 aromatic carbocycles. The molecule has 0 spiro atoms. The highest BCUT2D eigenvalue weighted by Crippen LogP contribution is 2.29. The van der Waals surface area contributed by atoms with Gasteiger partial charge in [-0.25, -0.2) is 9.59 Å². The van der Waals surface area contributed by atoms with Crippen LogP contribution in [0.3, 0.4) is 0 Å². The lowest BCUT2D eigenvalue weighted by Gasteiger charge is -2.27. The number of nitrogens with one attached hydrogen (secondary N) is 2. The zero-order valence-corrected chi connectivity index (χ0v) is 23.0. The Labute approximate surface area is 216 Å². The molecule has 2 saturated carbocycles. The van der Waals surface area contributed by atoms with Crippen molar-refractivity contribution in [1.29, 1.82) is 0 Å². The number of primary amides is 2. The fraction of sp³-hybridized carbons (Fsp3) is 0.846. The van der Waals surface area contributed by atoms with Crippen LogP contribution in [-0.2, 0) is 19.1 Å². The Kier molecular flexibility index (Phi) is 12.5. The Bertz CT molecular complexity index is 666. The molecule has 2 aliphatic rings. The van der Waals surface area contributed by atoms with Gasteiger partial charge in [-0.2, -0.15) is 0 Å². The van der Waals surface area contributed by atoms with Crippen LogP contribution in [0, 0.1) is 23.7 Å². The molecule has 6 N–H and O–H groups in total. The average Bonchev–Trinajstić information content (AvgIpc) is 2.75. The van der Waals surface area contributed by atoms with Crippen molar-refractivity contribution in [2.75, 3.05) is 13.1 Å². The van der Waals surface area contributed by atoms with Gasteiger partial charge in [0.05, 0.1) is 0 Å². The predicted molar refractivity (Wildman–Crippen MR) is 138 cm³/mol. The summed E-state index contributed by atoms with van der Waals surface area (Å²) in [4.78, 5) is 45.0. The minimum absolute atomic E-state index is 0.0165. The average molecular weight is 513 g/mol. The number of rotatable bonds is 6. The molecule has 10 nitrogen and oxygen atoms in total. The van der Waals surface area contributed by atoms with Gasteiger partial charge in [-0.05, 0) is 105 Å². The van der Waals surface area contributed by atoms with Crippen molar-refractivity contribution in [1.82, 2.24) is 10.6 Å². The standard InChI is InChI=1S/2C13H24N2O3/c2*1-13(2,3)18-12(17)15-8-9-4-6-10(7-5-9)11(14)16/h2*9-10H,4-8H2,1-3H3,(H2,14,16)(H,15,17). The van der Waals surface area contributed by atoms with E-state index in [1.807, 2.05) is 41.5 Å². The third-order valence-electron chi connectivity index (χ3n) is 6.37. The molecule has 208 valence electrons. The normalized spacial score (nSPS) is 24.4. The summed E-state index contributed by atoms with van der Waals surface area (Å²) < 4.78 is 10.3. The number of ether oxygens (including phenoxy) is 2. The Balaban J connectivity index is 0.000000360. The van der Waals surface area contributed by atoms with Crippen molar-refractivity contribution in [2.45, 2.75) is 104 Å². The number of amides is 4. The fourth-order valence-corrected chi connectivity index (χ4v) is 4.39. The Morgan fingerprint density at radius 3 is 1.11 bits per heavy atom. The van der Waals surface area contributed by atoms with Gasteiger partial charge in [-0.15, -0.1) is 0 Å². The largest absolute Gasteiger partial charge is 0.444 e. The van der Waals surface area contributed by atoms with Gasteiger partial charge >= 0.3 is 12.2 Å². The highest BCUT2D eigenvalue weighted by molar-refractivity contribution is 5.77. The minimum atomic E-state index is -0.465. The van der Waals surface area contributed by atoms with Crippen molar-refractivity contribution in [3.05, 3.63) is 0 Å². The Morgan fingerprint density at radius 2 is 0.889 bits per heavy atom. The van der Waals surface area contributed by atoms with Crippen molar-refractivity contribution in [2.24, 2.45) is 35.1 Å². The van der Waals surface area contributed by atoms with Crippen LogP contribution in [-0.4, -0.2) is 48.3 Å². The molecule has 0 aliphatic heterocycles. The molecule has 4 amide bonds. The molecule has 0 bridgehead atoms. The van der Waals surface area contributed by atoms with Crippen molar-refractivity contribution >= 4 is 24.0 Å². The molecule has 2 fully saturated rings. The van der Waals surface area contributed by atoms with E-state index in [0.717, 1.165) is 51.4 Å². The maximum Gasteiger partial charge on any atom is 0.407 e. The highest BCUT2D eigenvalue weighted by atomic mass is 16.6. The van der Waals surface area contributed by atoms with E-state index in [2.05, 4.69) is 10.6 Å². The predicted octanol–water partition coefficient (Wildman–Crippen LogP) is 3.61. The van der Waals surface area contributed by atoms with Gasteiger partial charge in [-0.3, -0.25) is 9.59 Å². The van der Waals surface area contributed by atoms with Crippen LogP contribution in [0.1, 0.15) is 92.9 Å². The summed E-state index contributed by atoms with van der Waals surface area (Å²) in [5.74, 6) is 0.480. The number of carbonyl (C=O) groups is 4. The first kappa shape index (κ1) is 31.5. The second kappa shape index (κ2) is 14.3. The van der Waals surface area contributed by atoms with E-state index in [9.17, 15) is 19.2 Å². The molecule has 36 heavy (non-hydrogen) atoms. The summed E-state index contributed by atoms with van der Waals surface area (Å²) in [6, 6.07) is 0. The third-order valence-corrected chi connectivity index (χ3v) is 6.37. The van der Waals surface area contributed by atoms with Crippen LogP contribution in [0.2, 0.25) is 0 Å². The first-order valence-electron chi connectivity index (χ1n) is 13.1. The smallest absolute Gasteiger partial charge is 0.407 e. The lowest BCUT2D eigenvalue weighted by Crippen LogP contribution is -2.37. The summed E-state index contributed by atoms with van der Waals surface area (Å²) in [7, 11) is 0. The molecule has 10 heteroatoms. The van der Waals surface area contributed by atoms with E-state index in [0.29, 0.717) is 24.9 Å². The molecular weight excluding hydrogens is 464 g/mol. The van der Waals surface area contributed by atoms with Crippen molar-refractivity contribution < 1.29 is 28.7 Å². The summed E-state index contributed by atoms with van der Waals surface area (Å²) in [5.41, 5.74) is 9.62. The lowest BCUT2D eigenvalue weighted by molar-refractivity contribution is -0.123. The van der Waals surface area contributed by atoms with E-state index < -0.39 is 11.2 Å². The van der Waals surface area contributed by atoms with Crippen LogP contribution in [0.5, 0.6) is 0 Å². The second-order valence-corrected chi connectivity index (χ2v) is 12.0. The molecule has 0 saturated heterocycles. The highest BCUT2D eigenvalue weighted by Gasteiger charge is 2.26.